The first-order valence-corrected chi connectivity index (χ1v) is 15.5. The van der Waals surface area contributed by atoms with Gasteiger partial charge < -0.3 is 50.3 Å². The van der Waals surface area contributed by atoms with Crippen LogP contribution in [-0.4, -0.2) is 74.0 Å². The first-order valence-electron chi connectivity index (χ1n) is 15.1. The molecule has 0 bridgehead atoms. The molecule has 6 N–H and O–H groups in total. The maximum atomic E-state index is 13.3. The van der Waals surface area contributed by atoms with E-state index in [-0.39, 0.29) is 11.5 Å². The van der Waals surface area contributed by atoms with Crippen molar-refractivity contribution in [2.24, 2.45) is 5.73 Å². The highest BCUT2D eigenvalue weighted by Gasteiger charge is 2.53. The lowest BCUT2D eigenvalue weighted by Gasteiger charge is -2.36. The SMILES string of the molecule is CC.NCCCOCCOCCOCCCNC(=S)Nc1ccc2c(c1)C(=O)OC21c2ccc(O)cc2Oc2cc(O)ccc21. The molecule has 0 aromatic heterocycles. The maximum Gasteiger partial charge on any atom is 0.340 e. The lowest BCUT2D eigenvalue weighted by Crippen LogP contribution is -2.33. The molecule has 3 aromatic rings. The van der Waals surface area contributed by atoms with Gasteiger partial charge in [-0.15, -0.1) is 0 Å². The minimum Gasteiger partial charge on any atom is -0.508 e. The predicted molar refractivity (Wildman–Crippen MR) is 174 cm³/mol. The Morgan fingerprint density at radius 1 is 0.822 bits per heavy atom. The van der Waals surface area contributed by atoms with E-state index in [4.69, 9.17) is 41.6 Å². The summed E-state index contributed by atoms with van der Waals surface area (Å²) in [4.78, 5) is 13.3. The molecule has 0 saturated carbocycles. The van der Waals surface area contributed by atoms with Crippen LogP contribution in [0.25, 0.3) is 0 Å². The molecule has 1 spiro atoms. The fraction of sp³-hybridized carbons (Fsp3) is 0.394. The van der Waals surface area contributed by atoms with Gasteiger partial charge in [0.2, 0.25) is 0 Å². The summed E-state index contributed by atoms with van der Waals surface area (Å²) in [7, 11) is 0. The Hall–Kier alpha value is -3.94. The topological polar surface area (TPSA) is 154 Å². The first kappa shape index (κ1) is 33.9. The van der Waals surface area contributed by atoms with Gasteiger partial charge in [-0.3, -0.25) is 0 Å². The Labute approximate surface area is 268 Å². The van der Waals surface area contributed by atoms with Gasteiger partial charge in [0.15, 0.2) is 10.7 Å². The average molecular weight is 640 g/mol. The number of phenolic OH excluding ortho intramolecular Hbond substituents is 2. The molecule has 0 amide bonds. The van der Waals surface area contributed by atoms with Crippen molar-refractivity contribution in [1.29, 1.82) is 0 Å². The number of hydrogen-bond acceptors (Lipinski definition) is 10. The molecule has 2 aliphatic heterocycles. The summed E-state index contributed by atoms with van der Waals surface area (Å²) in [5, 5.41) is 26.8. The summed E-state index contributed by atoms with van der Waals surface area (Å²) < 4.78 is 28.5. The molecule has 11 nitrogen and oxygen atoms in total. The summed E-state index contributed by atoms with van der Waals surface area (Å²) in [6.45, 7) is 8.52. The number of fused-ring (bicyclic) bond motifs is 6. The Kier molecular flexibility index (Phi) is 12.4. The molecule has 3 aromatic carbocycles. The van der Waals surface area contributed by atoms with E-state index < -0.39 is 11.6 Å². The van der Waals surface area contributed by atoms with Crippen LogP contribution < -0.4 is 21.1 Å². The third-order valence-corrected chi connectivity index (χ3v) is 7.27. The number of nitrogens with one attached hydrogen (secondary N) is 2. The Morgan fingerprint density at radius 3 is 1.98 bits per heavy atom. The fourth-order valence-electron chi connectivity index (χ4n) is 5.06. The summed E-state index contributed by atoms with van der Waals surface area (Å²) in [6, 6.07) is 14.6. The zero-order valence-corrected chi connectivity index (χ0v) is 26.4. The van der Waals surface area contributed by atoms with E-state index in [0.29, 0.717) is 97.3 Å². The van der Waals surface area contributed by atoms with E-state index >= 15 is 0 Å². The number of benzene rings is 3. The van der Waals surface area contributed by atoms with Crippen molar-refractivity contribution in [1.82, 2.24) is 5.32 Å². The number of anilines is 1. The predicted octanol–water partition coefficient (Wildman–Crippen LogP) is 4.77. The van der Waals surface area contributed by atoms with E-state index in [2.05, 4.69) is 10.6 Å². The van der Waals surface area contributed by atoms with Gasteiger partial charge in [-0.25, -0.2) is 4.79 Å². The van der Waals surface area contributed by atoms with Crippen molar-refractivity contribution in [2.75, 3.05) is 58.0 Å². The number of phenols is 2. The monoisotopic (exact) mass is 639 g/mol. The van der Waals surface area contributed by atoms with Crippen LogP contribution in [0.4, 0.5) is 5.69 Å². The summed E-state index contributed by atoms with van der Waals surface area (Å²) in [5.74, 6) is 0.133. The minimum absolute atomic E-state index is 0.000899. The van der Waals surface area contributed by atoms with E-state index in [1.807, 2.05) is 26.0 Å². The van der Waals surface area contributed by atoms with Crippen molar-refractivity contribution in [3.8, 4) is 23.0 Å². The standard InChI is InChI=1S/C31H35N3O8S.C2H6/c32-9-1-11-38-13-15-40-16-14-39-12-2-10-33-30(43)34-20-3-6-24-23(17-20)29(37)42-31(24)25-7-4-21(35)18-27(25)41-28-19-22(36)5-8-26(28)31;1-2/h3-8,17-19,35-36H,1-2,9-16,32H2,(H2,33,34,43);1-2H3. The zero-order chi connectivity index (χ0) is 32.2. The van der Waals surface area contributed by atoms with Crippen molar-refractivity contribution >= 4 is 29.0 Å². The smallest absolute Gasteiger partial charge is 0.340 e. The highest BCUT2D eigenvalue weighted by Crippen LogP contribution is 2.57. The third kappa shape index (κ3) is 8.02. The Morgan fingerprint density at radius 2 is 1.38 bits per heavy atom. The second kappa shape index (κ2) is 16.4. The molecule has 2 heterocycles. The van der Waals surface area contributed by atoms with Crippen LogP contribution in [0.1, 0.15) is 53.7 Å². The van der Waals surface area contributed by atoms with Crippen molar-refractivity contribution < 1.29 is 38.7 Å². The lowest BCUT2D eigenvalue weighted by atomic mass is 9.77. The number of esters is 1. The van der Waals surface area contributed by atoms with E-state index in [1.54, 1.807) is 18.2 Å². The van der Waals surface area contributed by atoms with Crippen molar-refractivity contribution in [3.05, 3.63) is 76.9 Å². The van der Waals surface area contributed by atoms with Gasteiger partial charge in [0.1, 0.15) is 23.0 Å². The summed E-state index contributed by atoms with van der Waals surface area (Å²) in [6.07, 6.45) is 1.59. The molecule has 0 aliphatic carbocycles. The molecular formula is C33H41N3O8S. The number of nitrogens with two attached hydrogens (primary N) is 1. The van der Waals surface area contributed by atoms with Gasteiger partial charge in [0.05, 0.1) is 32.0 Å². The Bertz CT molecular complexity index is 1420. The zero-order valence-electron chi connectivity index (χ0n) is 25.6. The van der Waals surface area contributed by atoms with Crippen LogP contribution >= 0.6 is 12.2 Å². The number of carbonyl (C=O) groups excluding carboxylic acids is 1. The summed E-state index contributed by atoms with van der Waals surface area (Å²) >= 11 is 5.45. The van der Waals surface area contributed by atoms with Crippen LogP contribution in [0.5, 0.6) is 23.0 Å². The van der Waals surface area contributed by atoms with Crippen LogP contribution in [0.2, 0.25) is 0 Å². The van der Waals surface area contributed by atoms with Crippen LogP contribution in [0.3, 0.4) is 0 Å². The molecule has 2 aliphatic rings. The molecule has 45 heavy (non-hydrogen) atoms. The van der Waals surface area contributed by atoms with Crippen LogP contribution in [-0.2, 0) is 24.5 Å². The number of thiocarbonyl (C=S) groups is 1. The quantitative estimate of drug-likeness (QED) is 0.0938. The number of aromatic hydroxyl groups is 2. The second-order valence-corrected chi connectivity index (χ2v) is 10.4. The first-order chi connectivity index (χ1) is 21.9. The maximum absolute atomic E-state index is 13.3. The van der Waals surface area contributed by atoms with Gasteiger partial charge in [0.25, 0.3) is 0 Å². The second-order valence-electron chi connectivity index (χ2n) is 10.0. The third-order valence-electron chi connectivity index (χ3n) is 7.02. The van der Waals surface area contributed by atoms with E-state index in [9.17, 15) is 15.0 Å². The minimum atomic E-state index is -1.31. The number of carbonyl (C=O) groups is 1. The van der Waals surface area contributed by atoms with Gasteiger partial charge in [-0.1, -0.05) is 19.9 Å². The van der Waals surface area contributed by atoms with Gasteiger partial charge in [0, 0.05) is 54.3 Å². The normalized spacial score (nSPS) is 13.4. The molecular weight excluding hydrogens is 598 g/mol. The van der Waals surface area contributed by atoms with Crippen LogP contribution in [0, 0.1) is 0 Å². The fourth-order valence-corrected chi connectivity index (χ4v) is 5.28. The van der Waals surface area contributed by atoms with Gasteiger partial charge in [-0.2, -0.15) is 0 Å². The molecule has 0 fully saturated rings. The van der Waals surface area contributed by atoms with Crippen LogP contribution in [0.15, 0.2) is 54.6 Å². The van der Waals surface area contributed by atoms with E-state index in [1.165, 1.54) is 24.3 Å². The largest absolute Gasteiger partial charge is 0.508 e. The van der Waals surface area contributed by atoms with Crippen molar-refractivity contribution in [2.45, 2.75) is 32.3 Å². The molecule has 5 rings (SSSR count). The number of ether oxygens (including phenoxy) is 5. The summed E-state index contributed by atoms with van der Waals surface area (Å²) in [5.41, 5.74) is 6.84. The molecule has 0 atom stereocenters. The molecule has 0 unspecified atom stereocenters. The molecule has 12 heteroatoms. The van der Waals surface area contributed by atoms with E-state index in [0.717, 1.165) is 12.8 Å². The number of hydrogen-bond donors (Lipinski definition) is 5. The molecule has 0 saturated heterocycles. The Balaban J connectivity index is 0.00000226. The van der Waals surface area contributed by atoms with Gasteiger partial charge in [-0.05, 0) is 68.0 Å². The average Bonchev–Trinajstić information content (AvgIpc) is 3.31. The number of rotatable bonds is 14. The molecule has 242 valence electrons. The molecule has 0 radical (unpaired) electrons. The highest BCUT2D eigenvalue weighted by molar-refractivity contribution is 7.80. The van der Waals surface area contributed by atoms with Crippen molar-refractivity contribution in [3.63, 3.8) is 0 Å². The van der Waals surface area contributed by atoms with Gasteiger partial charge >= 0.3 is 5.97 Å². The highest BCUT2D eigenvalue weighted by atomic mass is 32.1. The lowest BCUT2D eigenvalue weighted by molar-refractivity contribution is 0.0142.